The highest BCUT2D eigenvalue weighted by Crippen LogP contribution is 2.34. The fourth-order valence-electron chi connectivity index (χ4n) is 3.69. The zero-order chi connectivity index (χ0) is 17.5. The predicted octanol–water partition coefficient (Wildman–Crippen LogP) is 2.59. The van der Waals surface area contributed by atoms with Crippen LogP contribution in [0.15, 0.2) is 36.7 Å². The van der Waals surface area contributed by atoms with Crippen molar-refractivity contribution in [3.8, 4) is 0 Å². The van der Waals surface area contributed by atoms with E-state index in [2.05, 4.69) is 16.0 Å². The number of hydrogen-bond donors (Lipinski definition) is 2. The van der Waals surface area contributed by atoms with Crippen molar-refractivity contribution < 1.29 is 5.11 Å². The second kappa shape index (κ2) is 9.04. The molecule has 0 aliphatic heterocycles. The van der Waals surface area contributed by atoms with Crippen molar-refractivity contribution in [3.63, 3.8) is 0 Å². The van der Waals surface area contributed by atoms with Crippen LogP contribution in [0.3, 0.4) is 0 Å². The number of rotatable bonds is 8. The van der Waals surface area contributed by atoms with Crippen LogP contribution in [0.4, 0.5) is 0 Å². The second-order valence-corrected chi connectivity index (χ2v) is 6.69. The van der Waals surface area contributed by atoms with Crippen molar-refractivity contribution in [2.24, 2.45) is 5.73 Å². The zero-order valence-electron chi connectivity index (χ0n) is 14.8. The van der Waals surface area contributed by atoms with Gasteiger partial charge in [0.05, 0.1) is 24.0 Å². The normalized spacial score (nSPS) is 16.8. The summed E-state index contributed by atoms with van der Waals surface area (Å²) < 4.78 is 0. The molecule has 3 rings (SSSR count). The first-order valence-corrected chi connectivity index (χ1v) is 9.25. The van der Waals surface area contributed by atoms with Crippen molar-refractivity contribution in [2.45, 2.75) is 51.3 Å². The number of unbranched alkanes of at least 4 members (excludes halogenated alkanes) is 1. The molecule has 134 valence electrons. The highest BCUT2D eigenvalue weighted by Gasteiger charge is 2.27. The first-order chi connectivity index (χ1) is 12.3. The molecule has 0 fully saturated rings. The number of fused-ring (bicyclic) bond motifs is 1. The summed E-state index contributed by atoms with van der Waals surface area (Å²) >= 11 is 0. The van der Waals surface area contributed by atoms with Crippen molar-refractivity contribution in [1.29, 1.82) is 0 Å². The molecule has 2 aromatic heterocycles. The molecule has 5 nitrogen and oxygen atoms in total. The Hall–Kier alpha value is -1.82. The van der Waals surface area contributed by atoms with E-state index in [1.165, 1.54) is 17.7 Å². The first-order valence-electron chi connectivity index (χ1n) is 9.25. The van der Waals surface area contributed by atoms with Crippen LogP contribution in [0.1, 0.15) is 54.2 Å². The van der Waals surface area contributed by atoms with Gasteiger partial charge in [0.2, 0.25) is 0 Å². The number of aliphatic hydroxyl groups is 1. The van der Waals surface area contributed by atoms with Crippen molar-refractivity contribution in [2.75, 3.05) is 13.1 Å². The Kier molecular flexibility index (Phi) is 6.50. The molecule has 0 amide bonds. The van der Waals surface area contributed by atoms with Gasteiger partial charge in [0.25, 0.3) is 0 Å². The summed E-state index contributed by atoms with van der Waals surface area (Å²) in [6.45, 7) is 2.46. The van der Waals surface area contributed by atoms with Gasteiger partial charge < -0.3 is 10.8 Å². The molecule has 0 radical (unpaired) electrons. The van der Waals surface area contributed by atoms with Crippen molar-refractivity contribution >= 4 is 0 Å². The third kappa shape index (κ3) is 4.42. The van der Waals surface area contributed by atoms with Gasteiger partial charge in [0.15, 0.2) is 0 Å². The Morgan fingerprint density at radius 3 is 2.84 bits per heavy atom. The molecule has 1 aliphatic carbocycles. The maximum Gasteiger partial charge on any atom is 0.0700 e. The Bertz CT molecular complexity index is 676. The zero-order valence-corrected chi connectivity index (χ0v) is 14.8. The van der Waals surface area contributed by atoms with Crippen LogP contribution in [-0.2, 0) is 19.6 Å². The summed E-state index contributed by atoms with van der Waals surface area (Å²) in [4.78, 5) is 11.7. The molecule has 0 aromatic carbocycles. The number of aliphatic hydroxyl groups excluding tert-OH is 1. The smallest absolute Gasteiger partial charge is 0.0700 e. The summed E-state index contributed by atoms with van der Waals surface area (Å²) in [5.41, 5.74) is 10.1. The standard InChI is InChI=1S/C20H28N4O/c21-10-1-2-13-24(14-18-17(15-25)8-5-11-22-18)19-9-3-6-16-7-4-12-23-20(16)19/h4-5,7-8,11-12,19,25H,1-3,6,9-10,13-15,21H2. The molecular formula is C20H28N4O. The van der Waals surface area contributed by atoms with Crippen LogP contribution < -0.4 is 5.73 Å². The van der Waals surface area contributed by atoms with Gasteiger partial charge in [-0.1, -0.05) is 12.1 Å². The molecule has 3 N–H and O–H groups in total. The van der Waals surface area contributed by atoms with Gasteiger partial charge in [-0.15, -0.1) is 0 Å². The molecule has 1 unspecified atom stereocenters. The Morgan fingerprint density at radius 2 is 2.00 bits per heavy atom. The quantitative estimate of drug-likeness (QED) is 0.723. The van der Waals surface area contributed by atoms with E-state index in [9.17, 15) is 5.11 Å². The Morgan fingerprint density at radius 1 is 1.16 bits per heavy atom. The van der Waals surface area contributed by atoms with Crippen LogP contribution in [0.5, 0.6) is 0 Å². The van der Waals surface area contributed by atoms with Crippen LogP contribution >= 0.6 is 0 Å². The summed E-state index contributed by atoms with van der Waals surface area (Å²) in [5.74, 6) is 0. The molecule has 1 atom stereocenters. The average Bonchev–Trinajstić information content (AvgIpc) is 2.67. The molecule has 2 heterocycles. The van der Waals surface area contributed by atoms with Crippen molar-refractivity contribution in [3.05, 3.63) is 59.2 Å². The van der Waals surface area contributed by atoms with Crippen LogP contribution in [-0.4, -0.2) is 33.1 Å². The van der Waals surface area contributed by atoms with Gasteiger partial charge in [-0.05, 0) is 62.9 Å². The van der Waals surface area contributed by atoms with Gasteiger partial charge in [-0.3, -0.25) is 14.9 Å². The molecule has 0 saturated carbocycles. The minimum atomic E-state index is 0.0271. The van der Waals surface area contributed by atoms with E-state index in [1.54, 1.807) is 6.20 Å². The topological polar surface area (TPSA) is 75.3 Å². The summed E-state index contributed by atoms with van der Waals surface area (Å²) in [5, 5.41) is 9.63. The largest absolute Gasteiger partial charge is 0.392 e. The second-order valence-electron chi connectivity index (χ2n) is 6.69. The van der Waals surface area contributed by atoms with E-state index >= 15 is 0 Å². The van der Waals surface area contributed by atoms with E-state index in [4.69, 9.17) is 10.7 Å². The number of aromatic nitrogens is 2. The summed E-state index contributed by atoms with van der Waals surface area (Å²) in [7, 11) is 0. The maximum absolute atomic E-state index is 9.63. The Balaban J connectivity index is 1.85. The average molecular weight is 340 g/mol. The highest BCUT2D eigenvalue weighted by atomic mass is 16.3. The molecule has 0 spiro atoms. The monoisotopic (exact) mass is 340 g/mol. The number of hydrogen-bond acceptors (Lipinski definition) is 5. The third-order valence-electron chi connectivity index (χ3n) is 5.01. The fourth-order valence-corrected chi connectivity index (χ4v) is 3.69. The molecule has 0 bridgehead atoms. The molecule has 25 heavy (non-hydrogen) atoms. The van der Waals surface area contributed by atoms with Crippen LogP contribution in [0, 0.1) is 0 Å². The molecule has 1 aliphatic rings. The van der Waals surface area contributed by atoms with Crippen LogP contribution in [0.25, 0.3) is 0 Å². The highest BCUT2D eigenvalue weighted by molar-refractivity contribution is 5.26. The van der Waals surface area contributed by atoms with E-state index in [1.807, 2.05) is 24.4 Å². The lowest BCUT2D eigenvalue weighted by molar-refractivity contribution is 0.159. The van der Waals surface area contributed by atoms with E-state index in [-0.39, 0.29) is 6.61 Å². The third-order valence-corrected chi connectivity index (χ3v) is 5.01. The van der Waals surface area contributed by atoms with Gasteiger partial charge in [0, 0.05) is 24.5 Å². The predicted molar refractivity (Wildman–Crippen MR) is 98.8 cm³/mol. The number of nitrogens with two attached hydrogens (primary N) is 1. The van der Waals surface area contributed by atoms with E-state index < -0.39 is 0 Å². The molecular weight excluding hydrogens is 312 g/mol. The minimum Gasteiger partial charge on any atom is -0.392 e. The minimum absolute atomic E-state index is 0.0271. The van der Waals surface area contributed by atoms with E-state index in [0.29, 0.717) is 6.04 Å². The number of pyridine rings is 2. The lowest BCUT2D eigenvalue weighted by Gasteiger charge is -2.35. The lowest BCUT2D eigenvalue weighted by atomic mass is 9.90. The molecule has 0 saturated heterocycles. The number of aryl methyl sites for hydroxylation is 1. The number of nitrogens with zero attached hydrogens (tertiary/aromatic N) is 3. The van der Waals surface area contributed by atoms with Crippen LogP contribution in [0.2, 0.25) is 0 Å². The van der Waals surface area contributed by atoms with Gasteiger partial charge in [0.1, 0.15) is 0 Å². The van der Waals surface area contributed by atoms with E-state index in [0.717, 1.165) is 56.6 Å². The summed E-state index contributed by atoms with van der Waals surface area (Å²) in [6.07, 6.45) is 9.21. The fraction of sp³-hybridized carbons (Fsp3) is 0.500. The Labute approximate surface area is 149 Å². The molecule has 5 heteroatoms. The van der Waals surface area contributed by atoms with Gasteiger partial charge in [-0.2, -0.15) is 0 Å². The molecule has 2 aromatic rings. The first kappa shape index (κ1) is 18.0. The lowest BCUT2D eigenvalue weighted by Crippen LogP contribution is -2.33. The SMILES string of the molecule is NCCCCN(Cc1ncccc1CO)C1CCCc2cccnc21. The summed E-state index contributed by atoms with van der Waals surface area (Å²) in [6, 6.07) is 8.38. The maximum atomic E-state index is 9.63. The van der Waals surface area contributed by atoms with Gasteiger partial charge >= 0.3 is 0 Å². The van der Waals surface area contributed by atoms with Crippen molar-refractivity contribution in [1.82, 2.24) is 14.9 Å². The van der Waals surface area contributed by atoms with Gasteiger partial charge in [-0.25, -0.2) is 0 Å².